The number of rotatable bonds is 10. The van der Waals surface area contributed by atoms with Crippen LogP contribution in [0.15, 0.2) is 18.2 Å². The van der Waals surface area contributed by atoms with E-state index in [0.29, 0.717) is 24.8 Å². The smallest absolute Gasteiger partial charge is 0.335 e. The Balaban J connectivity index is 0.00000119. The first-order valence-electron chi connectivity index (χ1n) is 8.54. The van der Waals surface area contributed by atoms with Crippen molar-refractivity contribution in [3.63, 3.8) is 0 Å². The second-order valence-electron chi connectivity index (χ2n) is 5.81. The maximum absolute atomic E-state index is 11.1. The van der Waals surface area contributed by atoms with E-state index in [-0.39, 0.29) is 5.96 Å². The van der Waals surface area contributed by atoms with Gasteiger partial charge in [0.2, 0.25) is 0 Å². The molecule has 1 rings (SSSR count). The molecule has 154 valence electrons. The second-order valence-corrected chi connectivity index (χ2v) is 7.28. The Bertz CT molecular complexity index is 699. The zero-order valence-electron chi connectivity index (χ0n) is 15.7. The van der Waals surface area contributed by atoms with Crippen molar-refractivity contribution in [1.29, 1.82) is 5.41 Å². The summed E-state index contributed by atoms with van der Waals surface area (Å²) < 4.78 is 31.5. The van der Waals surface area contributed by atoms with E-state index in [9.17, 15) is 13.2 Å². The highest BCUT2D eigenvalue weighted by Crippen LogP contribution is 2.19. The fourth-order valence-corrected chi connectivity index (χ4v) is 2.15. The van der Waals surface area contributed by atoms with Gasteiger partial charge in [-0.2, -0.15) is 8.42 Å². The molecule has 0 saturated heterocycles. The Labute approximate surface area is 160 Å². The molecule has 0 bridgehead atoms. The molecule has 10 heteroatoms. The van der Waals surface area contributed by atoms with Crippen LogP contribution >= 0.6 is 0 Å². The zero-order valence-corrected chi connectivity index (χ0v) is 16.5. The van der Waals surface area contributed by atoms with Gasteiger partial charge in [-0.25, -0.2) is 4.79 Å². The molecule has 0 unspecified atom stereocenters. The number of benzene rings is 1. The molecule has 6 N–H and O–H groups in total. The van der Waals surface area contributed by atoms with Crippen molar-refractivity contribution >= 4 is 22.0 Å². The number of carboxylic acids is 1. The Morgan fingerprint density at radius 1 is 1.26 bits per heavy atom. The monoisotopic (exact) mass is 403 g/mol. The quantitative estimate of drug-likeness (QED) is 0.171. The third kappa shape index (κ3) is 14.5. The minimum Gasteiger partial charge on any atom is -0.494 e. The number of ether oxygens (including phenoxy) is 1. The maximum atomic E-state index is 11.1. The largest absolute Gasteiger partial charge is 0.494 e. The zero-order chi connectivity index (χ0) is 20.9. The lowest BCUT2D eigenvalue weighted by Gasteiger charge is -2.09. The third-order valence-electron chi connectivity index (χ3n) is 3.34. The van der Waals surface area contributed by atoms with Crippen LogP contribution in [0.4, 0.5) is 0 Å². The predicted molar refractivity (Wildman–Crippen MR) is 104 cm³/mol. The first-order chi connectivity index (χ1) is 12.5. The van der Waals surface area contributed by atoms with Gasteiger partial charge in [-0.3, -0.25) is 9.96 Å². The number of hydrogen-bond donors (Lipinski definition) is 5. The van der Waals surface area contributed by atoms with E-state index >= 15 is 0 Å². The lowest BCUT2D eigenvalue weighted by molar-refractivity contribution is 0.0695. The number of guanidine groups is 1. The summed E-state index contributed by atoms with van der Waals surface area (Å²) in [5.74, 6) is -0.164. The average Bonchev–Trinajstić information content (AvgIpc) is 2.55. The molecule has 0 amide bonds. The Hall–Kier alpha value is -2.33. The van der Waals surface area contributed by atoms with Crippen molar-refractivity contribution in [3.8, 4) is 5.75 Å². The van der Waals surface area contributed by atoms with E-state index < -0.39 is 16.1 Å². The fourth-order valence-electron chi connectivity index (χ4n) is 2.15. The number of carbonyl (C=O) groups is 1. The molecule has 0 spiro atoms. The molecule has 27 heavy (non-hydrogen) atoms. The molecule has 0 aliphatic heterocycles. The van der Waals surface area contributed by atoms with Gasteiger partial charge < -0.3 is 20.9 Å². The molecule has 0 heterocycles. The highest BCUT2D eigenvalue weighted by molar-refractivity contribution is 7.85. The van der Waals surface area contributed by atoms with Gasteiger partial charge in [0.25, 0.3) is 10.1 Å². The van der Waals surface area contributed by atoms with Crippen LogP contribution in [0.2, 0.25) is 0 Å². The number of unbranched alkanes of at least 4 members (excludes halogenated alkanes) is 3. The van der Waals surface area contributed by atoms with E-state index in [1.807, 2.05) is 6.92 Å². The van der Waals surface area contributed by atoms with Crippen LogP contribution in [0.1, 0.15) is 48.5 Å². The molecular formula is C17H29N3O6S. The van der Waals surface area contributed by atoms with Gasteiger partial charge in [0, 0.05) is 6.54 Å². The van der Waals surface area contributed by atoms with Gasteiger partial charge in [0.15, 0.2) is 5.96 Å². The van der Waals surface area contributed by atoms with Gasteiger partial charge >= 0.3 is 5.97 Å². The first kappa shape index (κ1) is 24.7. The summed E-state index contributed by atoms with van der Waals surface area (Å²) in [6.07, 6.45) is 5.42. The maximum Gasteiger partial charge on any atom is 0.335 e. The van der Waals surface area contributed by atoms with E-state index in [2.05, 4.69) is 5.32 Å². The number of hydrogen-bond acceptors (Lipinski definition) is 5. The predicted octanol–water partition coefficient (Wildman–Crippen LogP) is 1.87. The second kappa shape index (κ2) is 12.9. The molecule has 0 radical (unpaired) electrons. The van der Waals surface area contributed by atoms with Crippen LogP contribution in [0.3, 0.4) is 0 Å². The summed E-state index contributed by atoms with van der Waals surface area (Å²) in [6.45, 7) is 3.28. The standard InChI is InChI=1S/C16H25N3O3.CH4O3S/c1-2-12-11-13(7-8-14(12)15(20)21)22-10-6-4-3-5-9-19-16(17)18;1-5(2,3)4/h7-8,11H,2-6,9-10H2,1H3,(H,20,21)(H4,17,18,19);1H3,(H,2,3,4). The molecule has 0 aromatic heterocycles. The number of nitrogens with one attached hydrogen (secondary N) is 2. The third-order valence-corrected chi connectivity index (χ3v) is 3.34. The van der Waals surface area contributed by atoms with Gasteiger partial charge in [0.1, 0.15) is 5.75 Å². The number of aryl methyl sites for hydroxylation is 1. The van der Waals surface area contributed by atoms with Gasteiger partial charge in [-0.1, -0.05) is 19.8 Å². The molecule has 1 aromatic rings. The molecule has 0 aliphatic carbocycles. The number of aromatic carboxylic acids is 1. The van der Waals surface area contributed by atoms with Crippen molar-refractivity contribution in [2.75, 3.05) is 19.4 Å². The normalized spacial score (nSPS) is 10.5. The summed E-state index contributed by atoms with van der Waals surface area (Å²) in [5, 5.41) is 18.9. The summed E-state index contributed by atoms with van der Waals surface area (Å²) >= 11 is 0. The molecular weight excluding hydrogens is 374 g/mol. The molecule has 9 nitrogen and oxygen atoms in total. The highest BCUT2D eigenvalue weighted by Gasteiger charge is 2.09. The SMILES string of the molecule is CCc1cc(OCCCCCCNC(=N)N)ccc1C(=O)O.CS(=O)(=O)O. The van der Waals surface area contributed by atoms with Crippen LogP contribution in [0.5, 0.6) is 5.75 Å². The van der Waals surface area contributed by atoms with Crippen LogP contribution in [0.25, 0.3) is 0 Å². The first-order valence-corrected chi connectivity index (χ1v) is 10.4. The minimum atomic E-state index is -3.67. The fraction of sp³-hybridized carbons (Fsp3) is 0.529. The van der Waals surface area contributed by atoms with E-state index in [1.54, 1.807) is 18.2 Å². The molecule has 0 fully saturated rings. The summed E-state index contributed by atoms with van der Waals surface area (Å²) in [7, 11) is -3.67. The van der Waals surface area contributed by atoms with E-state index in [1.165, 1.54) is 0 Å². The Morgan fingerprint density at radius 2 is 1.85 bits per heavy atom. The highest BCUT2D eigenvalue weighted by atomic mass is 32.2. The van der Waals surface area contributed by atoms with Crippen molar-refractivity contribution in [3.05, 3.63) is 29.3 Å². The van der Waals surface area contributed by atoms with Crippen molar-refractivity contribution < 1.29 is 27.6 Å². The lowest BCUT2D eigenvalue weighted by Crippen LogP contribution is -2.30. The van der Waals surface area contributed by atoms with Crippen LogP contribution < -0.4 is 15.8 Å². The van der Waals surface area contributed by atoms with Gasteiger partial charge in [-0.15, -0.1) is 0 Å². The Kier molecular flexibility index (Phi) is 11.8. The minimum absolute atomic E-state index is 0.0138. The van der Waals surface area contributed by atoms with Crippen molar-refractivity contribution in [2.24, 2.45) is 5.73 Å². The lowest BCUT2D eigenvalue weighted by atomic mass is 10.1. The summed E-state index contributed by atoms with van der Waals surface area (Å²) in [4.78, 5) is 11.1. The van der Waals surface area contributed by atoms with E-state index in [4.69, 9.17) is 25.5 Å². The molecule has 1 aromatic carbocycles. The van der Waals surface area contributed by atoms with Crippen molar-refractivity contribution in [2.45, 2.75) is 39.0 Å². The molecule has 0 saturated carbocycles. The van der Waals surface area contributed by atoms with Crippen LogP contribution in [0, 0.1) is 5.41 Å². The summed E-state index contributed by atoms with van der Waals surface area (Å²) in [6, 6.07) is 5.11. The topological polar surface area (TPSA) is 163 Å². The van der Waals surface area contributed by atoms with Gasteiger partial charge in [0.05, 0.1) is 18.4 Å². The average molecular weight is 404 g/mol. The number of nitrogens with two attached hydrogens (primary N) is 1. The summed E-state index contributed by atoms with van der Waals surface area (Å²) in [5.41, 5.74) is 6.32. The van der Waals surface area contributed by atoms with E-state index in [0.717, 1.165) is 43.5 Å². The van der Waals surface area contributed by atoms with Crippen LogP contribution in [-0.4, -0.2) is 49.4 Å². The van der Waals surface area contributed by atoms with Gasteiger partial charge in [-0.05, 0) is 43.0 Å². The van der Waals surface area contributed by atoms with Crippen LogP contribution in [-0.2, 0) is 16.5 Å². The van der Waals surface area contributed by atoms with Crippen molar-refractivity contribution in [1.82, 2.24) is 5.32 Å². The Morgan fingerprint density at radius 3 is 2.37 bits per heavy atom. The number of carboxylic acid groups (broad SMARTS) is 1. The molecule has 0 aliphatic rings. The molecule has 0 atom stereocenters.